The molecule has 0 spiro atoms. The smallest absolute Gasteiger partial charge is 0.143 e. The zero-order chi connectivity index (χ0) is 13.4. The predicted molar refractivity (Wildman–Crippen MR) is 74.6 cm³/mol. The monoisotopic (exact) mass is 254 g/mol. The van der Waals surface area contributed by atoms with Crippen molar-refractivity contribution < 1.29 is 9.13 Å². The molecule has 0 saturated heterocycles. The molecule has 19 heavy (non-hydrogen) atoms. The molecule has 0 bridgehead atoms. The van der Waals surface area contributed by atoms with Gasteiger partial charge in [-0.3, -0.25) is 0 Å². The topological polar surface area (TPSA) is 9.23 Å². The maximum absolute atomic E-state index is 13.8. The zero-order valence-corrected chi connectivity index (χ0v) is 11.0. The number of hydrogen-bond acceptors (Lipinski definition) is 1. The standard InChI is InChI=1S/C17H15FO/c1-11-6-8-13(9-7-11)16-10-12(2)17-14(18)4-3-5-15(17)19-16/h3-10,16H,1-2H3/t16-/m0/s1. The van der Waals surface area contributed by atoms with Gasteiger partial charge in [-0.25, -0.2) is 4.39 Å². The maximum Gasteiger partial charge on any atom is 0.143 e. The average molecular weight is 254 g/mol. The van der Waals surface area contributed by atoms with Crippen molar-refractivity contribution in [3.63, 3.8) is 0 Å². The van der Waals surface area contributed by atoms with Crippen molar-refractivity contribution in [1.82, 2.24) is 0 Å². The summed E-state index contributed by atoms with van der Waals surface area (Å²) in [5.41, 5.74) is 3.79. The molecule has 0 fully saturated rings. The molecule has 0 N–H and O–H groups in total. The van der Waals surface area contributed by atoms with Gasteiger partial charge in [0.05, 0.1) is 5.56 Å². The second-order valence-corrected chi connectivity index (χ2v) is 4.91. The van der Waals surface area contributed by atoms with Gasteiger partial charge in [-0.15, -0.1) is 0 Å². The van der Waals surface area contributed by atoms with Crippen molar-refractivity contribution in [2.24, 2.45) is 0 Å². The van der Waals surface area contributed by atoms with Crippen molar-refractivity contribution in [1.29, 1.82) is 0 Å². The van der Waals surface area contributed by atoms with Crippen LogP contribution >= 0.6 is 0 Å². The SMILES string of the molecule is CC1=C[C@@H](c2ccc(C)cc2)Oc2cccc(F)c21. The van der Waals surface area contributed by atoms with Crippen LogP contribution in [0.5, 0.6) is 5.75 Å². The largest absolute Gasteiger partial charge is 0.481 e. The van der Waals surface area contributed by atoms with E-state index in [9.17, 15) is 4.39 Å². The summed E-state index contributed by atoms with van der Waals surface area (Å²) in [6, 6.07) is 13.2. The molecule has 1 atom stereocenters. The maximum atomic E-state index is 13.8. The minimum absolute atomic E-state index is 0.144. The van der Waals surface area contributed by atoms with Crippen LogP contribution in [-0.4, -0.2) is 0 Å². The lowest BCUT2D eigenvalue weighted by atomic mass is 9.97. The van der Waals surface area contributed by atoms with Crippen molar-refractivity contribution >= 4 is 5.57 Å². The molecule has 96 valence electrons. The molecule has 3 rings (SSSR count). The zero-order valence-electron chi connectivity index (χ0n) is 11.0. The fourth-order valence-electron chi connectivity index (χ4n) is 2.39. The summed E-state index contributed by atoms with van der Waals surface area (Å²) < 4.78 is 19.7. The minimum atomic E-state index is -0.228. The summed E-state index contributed by atoms with van der Waals surface area (Å²) >= 11 is 0. The summed E-state index contributed by atoms with van der Waals surface area (Å²) in [7, 11) is 0. The molecule has 1 heterocycles. The Kier molecular flexibility index (Phi) is 2.86. The molecule has 1 aliphatic heterocycles. The van der Waals surface area contributed by atoms with Crippen molar-refractivity contribution in [3.05, 3.63) is 71.0 Å². The van der Waals surface area contributed by atoms with Crippen LogP contribution < -0.4 is 4.74 Å². The summed E-state index contributed by atoms with van der Waals surface area (Å²) in [5, 5.41) is 0. The molecule has 0 aliphatic carbocycles. The highest BCUT2D eigenvalue weighted by Gasteiger charge is 2.22. The van der Waals surface area contributed by atoms with Crippen LogP contribution in [-0.2, 0) is 0 Å². The highest BCUT2D eigenvalue weighted by Crippen LogP contribution is 2.38. The van der Waals surface area contributed by atoms with Gasteiger partial charge in [-0.2, -0.15) is 0 Å². The van der Waals surface area contributed by atoms with E-state index in [1.165, 1.54) is 11.6 Å². The number of rotatable bonds is 1. The first-order valence-electron chi connectivity index (χ1n) is 6.35. The third-order valence-electron chi connectivity index (χ3n) is 3.43. The van der Waals surface area contributed by atoms with Gasteiger partial charge in [0, 0.05) is 0 Å². The van der Waals surface area contributed by atoms with Gasteiger partial charge >= 0.3 is 0 Å². The normalized spacial score (nSPS) is 17.4. The Hall–Kier alpha value is -2.09. The van der Waals surface area contributed by atoms with Crippen LogP contribution in [0.1, 0.15) is 29.7 Å². The number of benzene rings is 2. The van der Waals surface area contributed by atoms with E-state index < -0.39 is 0 Å². The highest BCUT2D eigenvalue weighted by atomic mass is 19.1. The molecular weight excluding hydrogens is 239 g/mol. The molecule has 1 aliphatic rings. The Bertz CT molecular complexity index is 641. The summed E-state index contributed by atoms with van der Waals surface area (Å²) in [5.74, 6) is 0.388. The number of aryl methyl sites for hydroxylation is 1. The van der Waals surface area contributed by atoms with Crippen LogP contribution in [0, 0.1) is 12.7 Å². The molecule has 0 amide bonds. The van der Waals surface area contributed by atoms with Crippen LogP contribution in [0.3, 0.4) is 0 Å². The van der Waals surface area contributed by atoms with Crippen molar-refractivity contribution in [2.75, 3.05) is 0 Å². The van der Waals surface area contributed by atoms with Gasteiger partial charge in [0.1, 0.15) is 17.7 Å². The Balaban J connectivity index is 2.02. The predicted octanol–water partition coefficient (Wildman–Crippen LogP) is 4.67. The van der Waals surface area contributed by atoms with Crippen LogP contribution in [0.15, 0.2) is 48.5 Å². The molecule has 1 nitrogen and oxygen atoms in total. The van der Waals surface area contributed by atoms with Gasteiger partial charge in [-0.05, 0) is 43.2 Å². The molecule has 2 aromatic carbocycles. The van der Waals surface area contributed by atoms with Crippen molar-refractivity contribution in [2.45, 2.75) is 20.0 Å². The van der Waals surface area contributed by atoms with E-state index >= 15 is 0 Å². The van der Waals surface area contributed by atoms with Crippen molar-refractivity contribution in [3.8, 4) is 5.75 Å². The number of hydrogen-bond donors (Lipinski definition) is 0. The lowest BCUT2D eigenvalue weighted by Gasteiger charge is -2.25. The van der Waals surface area contributed by atoms with E-state index in [2.05, 4.69) is 19.1 Å². The fourth-order valence-corrected chi connectivity index (χ4v) is 2.39. The van der Waals surface area contributed by atoms with Gasteiger partial charge in [-0.1, -0.05) is 35.9 Å². The van der Waals surface area contributed by atoms with E-state index in [-0.39, 0.29) is 11.9 Å². The Morgan fingerprint density at radius 2 is 1.74 bits per heavy atom. The Morgan fingerprint density at radius 1 is 1.00 bits per heavy atom. The summed E-state index contributed by atoms with van der Waals surface area (Å²) in [6.45, 7) is 3.98. The molecule has 2 heteroatoms. The quantitative estimate of drug-likeness (QED) is 0.718. The van der Waals surface area contributed by atoms with E-state index in [4.69, 9.17) is 4.74 Å². The number of ether oxygens (including phenoxy) is 1. The molecule has 2 aromatic rings. The molecular formula is C17H15FO. The van der Waals surface area contributed by atoms with E-state index in [1.807, 2.05) is 31.2 Å². The van der Waals surface area contributed by atoms with E-state index in [0.29, 0.717) is 11.3 Å². The first-order chi connectivity index (χ1) is 9.15. The first-order valence-corrected chi connectivity index (χ1v) is 6.35. The molecule has 0 aromatic heterocycles. The van der Waals surface area contributed by atoms with Crippen LogP contribution in [0.25, 0.3) is 5.57 Å². The molecule has 0 saturated carbocycles. The minimum Gasteiger partial charge on any atom is -0.481 e. The van der Waals surface area contributed by atoms with Gasteiger partial charge < -0.3 is 4.74 Å². The van der Waals surface area contributed by atoms with Crippen LogP contribution in [0.2, 0.25) is 0 Å². The molecule has 0 unspecified atom stereocenters. The Labute approximate surface area is 112 Å². The van der Waals surface area contributed by atoms with Gasteiger partial charge in [0.15, 0.2) is 0 Å². The Morgan fingerprint density at radius 3 is 2.47 bits per heavy atom. The van der Waals surface area contributed by atoms with E-state index in [1.54, 1.807) is 6.07 Å². The number of fused-ring (bicyclic) bond motifs is 1. The number of halogens is 1. The second-order valence-electron chi connectivity index (χ2n) is 4.91. The fraction of sp³-hybridized carbons (Fsp3) is 0.176. The number of allylic oxidation sites excluding steroid dienone is 1. The van der Waals surface area contributed by atoms with Gasteiger partial charge in [0.2, 0.25) is 0 Å². The highest BCUT2D eigenvalue weighted by molar-refractivity contribution is 5.72. The lowest BCUT2D eigenvalue weighted by molar-refractivity contribution is 0.249. The second kappa shape index (κ2) is 4.54. The summed E-state index contributed by atoms with van der Waals surface area (Å²) in [6.07, 6.45) is 1.82. The summed E-state index contributed by atoms with van der Waals surface area (Å²) in [4.78, 5) is 0. The first kappa shape index (κ1) is 12.0. The lowest BCUT2D eigenvalue weighted by Crippen LogP contribution is -2.11. The third kappa shape index (κ3) is 2.14. The molecule has 0 radical (unpaired) electrons. The third-order valence-corrected chi connectivity index (χ3v) is 3.43. The average Bonchev–Trinajstić information content (AvgIpc) is 2.39. The van der Waals surface area contributed by atoms with E-state index in [0.717, 1.165) is 11.1 Å². The van der Waals surface area contributed by atoms with Gasteiger partial charge in [0.25, 0.3) is 0 Å². The van der Waals surface area contributed by atoms with Crippen LogP contribution in [0.4, 0.5) is 4.39 Å².